The molecule has 1 saturated heterocycles. The van der Waals surface area contributed by atoms with Crippen LogP contribution < -0.4 is 5.32 Å². The SMILES string of the molecule is O=C(CCc1ccc(S(=O)(=O)N2CCCCC2)cc1)NCc1ccccc1. The first-order valence-electron chi connectivity index (χ1n) is 9.45. The van der Waals surface area contributed by atoms with Gasteiger partial charge in [-0.1, -0.05) is 48.9 Å². The molecular weight excluding hydrogens is 360 g/mol. The van der Waals surface area contributed by atoms with Crippen LogP contribution in [0.1, 0.15) is 36.8 Å². The van der Waals surface area contributed by atoms with Crippen molar-refractivity contribution in [2.24, 2.45) is 0 Å². The number of carbonyl (C=O) groups is 1. The number of hydrogen-bond donors (Lipinski definition) is 1. The van der Waals surface area contributed by atoms with Gasteiger partial charge >= 0.3 is 0 Å². The summed E-state index contributed by atoms with van der Waals surface area (Å²) in [5, 5.41) is 2.91. The molecule has 144 valence electrons. The van der Waals surface area contributed by atoms with E-state index < -0.39 is 10.0 Å². The molecule has 1 aliphatic rings. The average molecular weight is 387 g/mol. The smallest absolute Gasteiger partial charge is 0.243 e. The number of rotatable bonds is 7. The van der Waals surface area contributed by atoms with E-state index in [1.165, 1.54) is 0 Å². The first kappa shape index (κ1) is 19.6. The van der Waals surface area contributed by atoms with E-state index >= 15 is 0 Å². The van der Waals surface area contributed by atoms with E-state index in [2.05, 4.69) is 5.32 Å². The fourth-order valence-electron chi connectivity index (χ4n) is 3.23. The number of nitrogens with zero attached hydrogens (tertiary/aromatic N) is 1. The van der Waals surface area contributed by atoms with Crippen LogP contribution in [0.5, 0.6) is 0 Å². The molecule has 2 aromatic rings. The molecule has 0 spiro atoms. The van der Waals surface area contributed by atoms with Crippen LogP contribution in [-0.2, 0) is 27.8 Å². The van der Waals surface area contributed by atoms with Gasteiger partial charge in [0.05, 0.1) is 4.90 Å². The van der Waals surface area contributed by atoms with E-state index in [9.17, 15) is 13.2 Å². The molecule has 1 aliphatic heterocycles. The third-order valence-corrected chi connectivity index (χ3v) is 6.76. The molecular formula is C21H26N2O3S. The molecule has 3 rings (SSSR count). The Hall–Kier alpha value is -2.18. The summed E-state index contributed by atoms with van der Waals surface area (Å²) in [4.78, 5) is 12.3. The molecule has 1 N–H and O–H groups in total. The van der Waals surface area contributed by atoms with Crippen LogP contribution in [0.15, 0.2) is 59.5 Å². The molecule has 2 aromatic carbocycles. The number of benzene rings is 2. The lowest BCUT2D eigenvalue weighted by atomic mass is 10.1. The van der Waals surface area contributed by atoms with E-state index in [-0.39, 0.29) is 5.91 Å². The topological polar surface area (TPSA) is 66.5 Å². The van der Waals surface area contributed by atoms with Crippen molar-refractivity contribution in [1.29, 1.82) is 0 Å². The number of nitrogens with one attached hydrogen (secondary N) is 1. The average Bonchev–Trinajstić information content (AvgIpc) is 2.72. The number of amides is 1. The summed E-state index contributed by atoms with van der Waals surface area (Å²) >= 11 is 0. The first-order valence-corrected chi connectivity index (χ1v) is 10.9. The molecule has 0 saturated carbocycles. The molecule has 1 fully saturated rings. The molecule has 0 aliphatic carbocycles. The van der Waals surface area contributed by atoms with E-state index in [0.29, 0.717) is 37.4 Å². The van der Waals surface area contributed by atoms with Crippen LogP contribution in [0.4, 0.5) is 0 Å². The molecule has 5 nitrogen and oxygen atoms in total. The van der Waals surface area contributed by atoms with Crippen LogP contribution in [-0.4, -0.2) is 31.7 Å². The molecule has 27 heavy (non-hydrogen) atoms. The van der Waals surface area contributed by atoms with Gasteiger partial charge in [0.15, 0.2) is 0 Å². The van der Waals surface area contributed by atoms with Gasteiger partial charge in [-0.2, -0.15) is 4.31 Å². The zero-order valence-electron chi connectivity index (χ0n) is 15.4. The third kappa shape index (κ3) is 5.40. The molecule has 0 atom stereocenters. The standard InChI is InChI=1S/C21H26N2O3S/c24-21(22-17-19-7-3-1-4-8-19)14-11-18-9-12-20(13-10-18)27(25,26)23-15-5-2-6-16-23/h1,3-4,7-10,12-13H,2,5-6,11,14-17H2,(H,22,24). The van der Waals surface area contributed by atoms with Crippen molar-refractivity contribution in [2.75, 3.05) is 13.1 Å². The number of sulfonamides is 1. The highest BCUT2D eigenvalue weighted by atomic mass is 32.2. The second kappa shape index (κ2) is 9.15. The Morgan fingerprint density at radius 2 is 1.56 bits per heavy atom. The molecule has 1 heterocycles. The van der Waals surface area contributed by atoms with Crippen molar-refractivity contribution in [3.8, 4) is 0 Å². The van der Waals surface area contributed by atoms with Gasteiger partial charge in [-0.15, -0.1) is 0 Å². The van der Waals surface area contributed by atoms with Crippen LogP contribution in [0.2, 0.25) is 0 Å². The fourth-order valence-corrected chi connectivity index (χ4v) is 4.74. The largest absolute Gasteiger partial charge is 0.352 e. The van der Waals surface area contributed by atoms with E-state index in [1.54, 1.807) is 28.6 Å². The predicted octanol–water partition coefficient (Wildman–Crippen LogP) is 3.11. The fraction of sp³-hybridized carbons (Fsp3) is 0.381. The highest BCUT2D eigenvalue weighted by molar-refractivity contribution is 7.89. The molecule has 0 bridgehead atoms. The Morgan fingerprint density at radius 1 is 0.889 bits per heavy atom. The Labute approximate surface area is 161 Å². The summed E-state index contributed by atoms with van der Waals surface area (Å²) in [6.45, 7) is 1.73. The van der Waals surface area contributed by atoms with Crippen molar-refractivity contribution < 1.29 is 13.2 Å². The van der Waals surface area contributed by atoms with Gasteiger partial charge in [0, 0.05) is 26.1 Å². The Bertz CT molecular complexity index is 843. The second-order valence-electron chi connectivity index (χ2n) is 6.87. The Balaban J connectivity index is 1.50. The van der Waals surface area contributed by atoms with Crippen LogP contribution in [0, 0.1) is 0 Å². The van der Waals surface area contributed by atoms with Crippen LogP contribution in [0.25, 0.3) is 0 Å². The first-order chi connectivity index (χ1) is 13.1. The van der Waals surface area contributed by atoms with Gasteiger partial charge < -0.3 is 5.32 Å². The number of carbonyl (C=O) groups excluding carboxylic acids is 1. The number of hydrogen-bond acceptors (Lipinski definition) is 3. The van der Waals surface area contributed by atoms with E-state index in [4.69, 9.17) is 0 Å². The third-order valence-electron chi connectivity index (χ3n) is 4.85. The highest BCUT2D eigenvalue weighted by Gasteiger charge is 2.25. The van der Waals surface area contributed by atoms with Crippen LogP contribution in [0.3, 0.4) is 0 Å². The maximum atomic E-state index is 12.6. The van der Waals surface area contributed by atoms with Crippen LogP contribution >= 0.6 is 0 Å². The summed E-state index contributed by atoms with van der Waals surface area (Å²) in [7, 11) is -3.40. The predicted molar refractivity (Wildman–Crippen MR) is 106 cm³/mol. The van der Waals surface area contributed by atoms with Crippen molar-refractivity contribution in [3.63, 3.8) is 0 Å². The van der Waals surface area contributed by atoms with E-state index in [0.717, 1.165) is 30.4 Å². The van der Waals surface area contributed by atoms with Gasteiger partial charge in [-0.05, 0) is 42.5 Å². The zero-order chi connectivity index (χ0) is 19.1. The monoisotopic (exact) mass is 386 g/mol. The second-order valence-corrected chi connectivity index (χ2v) is 8.81. The molecule has 6 heteroatoms. The summed E-state index contributed by atoms with van der Waals surface area (Å²) in [6.07, 6.45) is 3.91. The normalized spacial score (nSPS) is 15.4. The lowest BCUT2D eigenvalue weighted by molar-refractivity contribution is -0.121. The molecule has 0 aromatic heterocycles. The molecule has 0 unspecified atom stereocenters. The van der Waals surface area contributed by atoms with Crippen molar-refractivity contribution in [3.05, 3.63) is 65.7 Å². The lowest BCUT2D eigenvalue weighted by Crippen LogP contribution is -2.35. The number of aryl methyl sites for hydroxylation is 1. The van der Waals surface area contributed by atoms with Gasteiger partial charge in [-0.25, -0.2) is 8.42 Å². The maximum Gasteiger partial charge on any atom is 0.243 e. The lowest BCUT2D eigenvalue weighted by Gasteiger charge is -2.25. The van der Waals surface area contributed by atoms with Crippen molar-refractivity contribution in [2.45, 2.75) is 43.5 Å². The summed E-state index contributed by atoms with van der Waals surface area (Å²) < 4.78 is 26.9. The Kier molecular flexibility index (Phi) is 6.63. The van der Waals surface area contributed by atoms with Gasteiger partial charge in [-0.3, -0.25) is 4.79 Å². The summed E-state index contributed by atoms with van der Waals surface area (Å²) in [6, 6.07) is 16.7. The van der Waals surface area contributed by atoms with Gasteiger partial charge in [0.1, 0.15) is 0 Å². The van der Waals surface area contributed by atoms with E-state index in [1.807, 2.05) is 30.3 Å². The minimum atomic E-state index is -3.40. The van der Waals surface area contributed by atoms with Crippen molar-refractivity contribution >= 4 is 15.9 Å². The minimum absolute atomic E-state index is 0.0103. The minimum Gasteiger partial charge on any atom is -0.352 e. The van der Waals surface area contributed by atoms with Crippen molar-refractivity contribution in [1.82, 2.24) is 9.62 Å². The van der Waals surface area contributed by atoms with Gasteiger partial charge in [0.25, 0.3) is 0 Å². The maximum absolute atomic E-state index is 12.6. The number of piperidine rings is 1. The quantitative estimate of drug-likeness (QED) is 0.795. The highest BCUT2D eigenvalue weighted by Crippen LogP contribution is 2.21. The zero-order valence-corrected chi connectivity index (χ0v) is 16.2. The summed E-state index contributed by atoms with van der Waals surface area (Å²) in [5.74, 6) is -0.0103. The molecule has 0 radical (unpaired) electrons. The Morgan fingerprint density at radius 3 is 2.22 bits per heavy atom. The summed E-state index contributed by atoms with van der Waals surface area (Å²) in [5.41, 5.74) is 2.03. The molecule has 1 amide bonds. The van der Waals surface area contributed by atoms with Gasteiger partial charge in [0.2, 0.25) is 15.9 Å².